The van der Waals surface area contributed by atoms with E-state index < -0.39 is 45.2 Å². The molecule has 2 heterocycles. The molecule has 2 aromatic rings. The van der Waals surface area contributed by atoms with Crippen LogP contribution < -0.4 is 10.1 Å². The Morgan fingerprint density at radius 2 is 1.97 bits per heavy atom. The predicted molar refractivity (Wildman–Crippen MR) is 124 cm³/mol. The van der Waals surface area contributed by atoms with Gasteiger partial charge in [0.2, 0.25) is 15.9 Å². The van der Waals surface area contributed by atoms with Crippen molar-refractivity contribution < 1.29 is 35.9 Å². The van der Waals surface area contributed by atoms with Crippen LogP contribution in [0.15, 0.2) is 41.6 Å². The molecule has 1 saturated carbocycles. The first-order chi connectivity index (χ1) is 16.6. The maximum atomic E-state index is 13.2. The second-order valence-corrected chi connectivity index (χ2v) is 10.5. The van der Waals surface area contributed by atoms with Gasteiger partial charge in [-0.1, -0.05) is 6.07 Å². The number of ether oxygens (including phenoxy) is 2. The second kappa shape index (κ2) is 11.3. The van der Waals surface area contributed by atoms with Gasteiger partial charge in [0, 0.05) is 31.5 Å². The van der Waals surface area contributed by atoms with E-state index in [0.717, 1.165) is 48.1 Å². The standard InChI is InChI=1S/C22H25F3N4O5S.ClH/c1-33-21(30)13-29(35(31,32)18-4-2-3-15(7-18)22(23,24)25)12-16-8-17(9-26-16)34-20-11-27-19(10-28-20)14-5-6-14;/h2-4,7,10-11,14,16-17,26H,5-6,8-9,12-13H2,1H3;1H/t16-,17+;/m0./s1. The fourth-order valence-electron chi connectivity index (χ4n) is 3.84. The number of sulfonamides is 1. The van der Waals surface area contributed by atoms with E-state index in [0.29, 0.717) is 30.8 Å². The summed E-state index contributed by atoms with van der Waals surface area (Å²) in [7, 11) is -3.33. The molecule has 0 spiro atoms. The van der Waals surface area contributed by atoms with Gasteiger partial charge < -0.3 is 14.8 Å². The lowest BCUT2D eigenvalue weighted by Crippen LogP contribution is -2.43. The van der Waals surface area contributed by atoms with Gasteiger partial charge in [-0.25, -0.2) is 13.4 Å². The Bertz CT molecular complexity index is 1160. The first-order valence-electron chi connectivity index (χ1n) is 11.0. The highest BCUT2D eigenvalue weighted by molar-refractivity contribution is 7.89. The van der Waals surface area contributed by atoms with Crippen LogP contribution in [0.25, 0.3) is 0 Å². The molecule has 1 aliphatic carbocycles. The summed E-state index contributed by atoms with van der Waals surface area (Å²) in [5.74, 6) is -0.0177. The Kier molecular flexibility index (Phi) is 8.80. The Labute approximate surface area is 212 Å². The molecule has 2 atom stereocenters. The normalized spacial score (nSPS) is 20.1. The van der Waals surface area contributed by atoms with Gasteiger partial charge in [0.05, 0.1) is 35.7 Å². The minimum Gasteiger partial charge on any atom is -0.472 e. The van der Waals surface area contributed by atoms with Crippen molar-refractivity contribution in [3.63, 3.8) is 0 Å². The molecule has 1 aromatic carbocycles. The summed E-state index contributed by atoms with van der Waals surface area (Å²) in [6.07, 6.45) is 0.813. The fraction of sp³-hybridized carbons (Fsp3) is 0.500. The lowest BCUT2D eigenvalue weighted by Gasteiger charge is -2.24. The number of carbonyl (C=O) groups excluding carboxylic acids is 1. The van der Waals surface area contributed by atoms with Crippen LogP contribution in [-0.2, 0) is 25.7 Å². The lowest BCUT2D eigenvalue weighted by molar-refractivity contribution is -0.141. The highest BCUT2D eigenvalue weighted by Gasteiger charge is 2.36. The molecule has 0 amide bonds. The molecule has 2 aliphatic rings. The third-order valence-corrected chi connectivity index (χ3v) is 7.68. The molecule has 198 valence electrons. The largest absolute Gasteiger partial charge is 0.472 e. The van der Waals surface area contributed by atoms with Crippen molar-refractivity contribution in [2.24, 2.45) is 0 Å². The van der Waals surface area contributed by atoms with Gasteiger partial charge in [-0.05, 0) is 31.0 Å². The van der Waals surface area contributed by atoms with E-state index in [2.05, 4.69) is 20.0 Å². The molecule has 1 saturated heterocycles. The molecule has 1 aliphatic heterocycles. The van der Waals surface area contributed by atoms with Gasteiger partial charge in [0.15, 0.2) is 0 Å². The number of nitrogens with zero attached hydrogens (tertiary/aromatic N) is 3. The SMILES string of the molecule is COC(=O)CN(C[C@@H]1C[C@@H](Oc2cnc(C3CC3)cn2)CN1)S(=O)(=O)c1cccc(C(F)(F)F)c1.Cl. The average molecular weight is 551 g/mol. The number of halogens is 4. The third-order valence-electron chi connectivity index (χ3n) is 5.87. The molecule has 0 bridgehead atoms. The Morgan fingerprint density at radius 1 is 1.22 bits per heavy atom. The minimum absolute atomic E-state index is 0. The fourth-order valence-corrected chi connectivity index (χ4v) is 5.32. The van der Waals surface area contributed by atoms with Crippen LogP contribution in [0.5, 0.6) is 5.88 Å². The van der Waals surface area contributed by atoms with Gasteiger partial charge >= 0.3 is 12.1 Å². The molecule has 9 nitrogen and oxygen atoms in total. The van der Waals surface area contributed by atoms with E-state index in [9.17, 15) is 26.4 Å². The molecular formula is C22H26ClF3N4O5S. The van der Waals surface area contributed by atoms with Gasteiger partial charge in [0.1, 0.15) is 12.6 Å². The van der Waals surface area contributed by atoms with Gasteiger partial charge in [0.25, 0.3) is 0 Å². The monoisotopic (exact) mass is 550 g/mol. The number of benzene rings is 1. The number of alkyl halides is 3. The minimum atomic E-state index is -4.71. The van der Waals surface area contributed by atoms with E-state index in [4.69, 9.17) is 4.74 Å². The molecule has 1 aromatic heterocycles. The molecule has 1 N–H and O–H groups in total. The van der Waals surface area contributed by atoms with E-state index in [1.807, 2.05) is 0 Å². The van der Waals surface area contributed by atoms with Gasteiger partial charge in [-0.2, -0.15) is 17.5 Å². The van der Waals surface area contributed by atoms with E-state index in [1.165, 1.54) is 0 Å². The molecule has 36 heavy (non-hydrogen) atoms. The predicted octanol–water partition coefficient (Wildman–Crippen LogP) is 2.77. The Hall–Kier alpha value is -2.48. The molecule has 2 fully saturated rings. The molecule has 0 radical (unpaired) electrons. The molecule has 14 heteroatoms. The van der Waals surface area contributed by atoms with Crippen LogP contribution in [0.3, 0.4) is 0 Å². The molecule has 0 unspecified atom stereocenters. The first kappa shape index (κ1) is 28.1. The van der Waals surface area contributed by atoms with E-state index in [-0.39, 0.29) is 25.1 Å². The quantitative estimate of drug-likeness (QED) is 0.475. The third kappa shape index (κ3) is 6.84. The summed E-state index contributed by atoms with van der Waals surface area (Å²) in [5.41, 5.74) is -0.170. The summed E-state index contributed by atoms with van der Waals surface area (Å²) < 4.78 is 77.0. The highest BCUT2D eigenvalue weighted by atomic mass is 35.5. The van der Waals surface area contributed by atoms with E-state index >= 15 is 0 Å². The second-order valence-electron chi connectivity index (χ2n) is 8.53. The summed E-state index contributed by atoms with van der Waals surface area (Å²) in [5, 5.41) is 3.14. The summed E-state index contributed by atoms with van der Waals surface area (Å²) in [6.45, 7) is -0.418. The number of hydrogen-bond acceptors (Lipinski definition) is 8. The zero-order valence-electron chi connectivity index (χ0n) is 19.3. The number of carbonyl (C=O) groups is 1. The number of aromatic nitrogens is 2. The number of methoxy groups -OCH3 is 1. The smallest absolute Gasteiger partial charge is 0.416 e. The van der Waals surface area contributed by atoms with Crippen molar-refractivity contribution in [1.29, 1.82) is 0 Å². The van der Waals surface area contributed by atoms with Crippen molar-refractivity contribution in [2.75, 3.05) is 26.7 Å². The van der Waals surface area contributed by atoms with Crippen LogP contribution in [0.4, 0.5) is 13.2 Å². The highest BCUT2D eigenvalue weighted by Crippen LogP contribution is 2.38. The summed E-state index contributed by atoms with van der Waals surface area (Å²) >= 11 is 0. The van der Waals surface area contributed by atoms with Gasteiger partial charge in [-0.15, -0.1) is 12.4 Å². The summed E-state index contributed by atoms with van der Waals surface area (Å²) in [4.78, 5) is 20.0. The zero-order chi connectivity index (χ0) is 25.2. The van der Waals surface area contributed by atoms with Crippen molar-refractivity contribution in [1.82, 2.24) is 19.6 Å². The molecule has 4 rings (SSSR count). The summed E-state index contributed by atoms with van der Waals surface area (Å²) in [6, 6.07) is 3.00. The van der Waals surface area contributed by atoms with Crippen LogP contribution in [0.1, 0.15) is 36.4 Å². The number of esters is 1. The van der Waals surface area contributed by atoms with Crippen molar-refractivity contribution in [3.8, 4) is 5.88 Å². The number of rotatable bonds is 9. The average Bonchev–Trinajstić information content (AvgIpc) is 3.59. The van der Waals surface area contributed by atoms with Crippen LogP contribution in [0.2, 0.25) is 0 Å². The van der Waals surface area contributed by atoms with Crippen molar-refractivity contribution >= 4 is 28.4 Å². The zero-order valence-corrected chi connectivity index (χ0v) is 20.9. The lowest BCUT2D eigenvalue weighted by atomic mass is 10.2. The number of hydrogen-bond donors (Lipinski definition) is 1. The maximum absolute atomic E-state index is 13.2. The van der Waals surface area contributed by atoms with Crippen LogP contribution >= 0.6 is 12.4 Å². The van der Waals surface area contributed by atoms with Crippen molar-refractivity contribution in [2.45, 2.75) is 48.4 Å². The maximum Gasteiger partial charge on any atom is 0.416 e. The van der Waals surface area contributed by atoms with Crippen LogP contribution in [-0.4, -0.2) is 67.6 Å². The number of nitrogens with one attached hydrogen (secondary N) is 1. The van der Waals surface area contributed by atoms with Crippen LogP contribution in [0, 0.1) is 0 Å². The Morgan fingerprint density at radius 3 is 2.58 bits per heavy atom. The van der Waals surface area contributed by atoms with Crippen molar-refractivity contribution in [3.05, 3.63) is 47.9 Å². The first-order valence-corrected chi connectivity index (χ1v) is 12.5. The Balaban J connectivity index is 0.00000361. The van der Waals surface area contributed by atoms with E-state index in [1.54, 1.807) is 12.4 Å². The topological polar surface area (TPSA) is 111 Å². The van der Waals surface area contributed by atoms with Gasteiger partial charge in [-0.3, -0.25) is 9.78 Å². The molecular weight excluding hydrogens is 525 g/mol.